The van der Waals surface area contributed by atoms with Crippen LogP contribution >= 0.6 is 27.5 Å². The van der Waals surface area contributed by atoms with Crippen LogP contribution in [-0.2, 0) is 4.74 Å². The highest BCUT2D eigenvalue weighted by molar-refractivity contribution is 9.10. The van der Waals surface area contributed by atoms with Gasteiger partial charge < -0.3 is 10.1 Å². The van der Waals surface area contributed by atoms with Crippen LogP contribution in [0.3, 0.4) is 0 Å². The second-order valence-corrected chi connectivity index (χ2v) is 7.51. The number of rotatable bonds is 2. The standard InChI is InChI=1S/C14H19BrClN5O/c1-14(2,3)20-10-9-11(19-13(16)18-10)21(12(15)17-9)8-6-4-5-7-22-8/h8H,4-7H2,1-3H3,(H,18,19,20). The minimum atomic E-state index is -0.151. The van der Waals surface area contributed by atoms with Crippen molar-refractivity contribution in [2.24, 2.45) is 0 Å². The summed E-state index contributed by atoms with van der Waals surface area (Å²) in [6, 6.07) is 0. The quantitative estimate of drug-likeness (QED) is 0.618. The molecular weight excluding hydrogens is 370 g/mol. The summed E-state index contributed by atoms with van der Waals surface area (Å²) in [4.78, 5) is 13.2. The van der Waals surface area contributed by atoms with Gasteiger partial charge in [-0.3, -0.25) is 4.57 Å². The minimum absolute atomic E-state index is 0.0680. The lowest BCUT2D eigenvalue weighted by molar-refractivity contribution is -0.0311. The topological polar surface area (TPSA) is 64.9 Å². The van der Waals surface area contributed by atoms with Crippen molar-refractivity contribution >= 4 is 44.5 Å². The van der Waals surface area contributed by atoms with Crippen LogP contribution in [0.5, 0.6) is 0 Å². The molecule has 1 fully saturated rings. The van der Waals surface area contributed by atoms with E-state index in [1.807, 2.05) is 4.57 Å². The molecule has 0 saturated carbocycles. The summed E-state index contributed by atoms with van der Waals surface area (Å²) < 4.78 is 8.50. The first-order valence-electron chi connectivity index (χ1n) is 7.36. The molecule has 8 heteroatoms. The average molecular weight is 389 g/mol. The zero-order chi connectivity index (χ0) is 15.9. The van der Waals surface area contributed by atoms with E-state index in [1.165, 1.54) is 0 Å². The Morgan fingerprint density at radius 3 is 2.68 bits per heavy atom. The first-order chi connectivity index (χ1) is 10.3. The molecule has 3 heterocycles. The lowest BCUT2D eigenvalue weighted by Gasteiger charge is -2.25. The molecule has 1 aliphatic rings. The van der Waals surface area contributed by atoms with Crippen LogP contribution in [-0.4, -0.2) is 31.7 Å². The van der Waals surface area contributed by atoms with Crippen molar-refractivity contribution in [2.45, 2.75) is 51.8 Å². The van der Waals surface area contributed by atoms with Gasteiger partial charge in [-0.25, -0.2) is 4.98 Å². The molecule has 2 aromatic rings. The molecule has 0 radical (unpaired) electrons. The number of nitrogens with one attached hydrogen (secondary N) is 1. The van der Waals surface area contributed by atoms with Gasteiger partial charge in [-0.2, -0.15) is 9.97 Å². The van der Waals surface area contributed by atoms with Gasteiger partial charge in [0.1, 0.15) is 6.23 Å². The summed E-state index contributed by atoms with van der Waals surface area (Å²) in [5.41, 5.74) is 1.23. The summed E-state index contributed by atoms with van der Waals surface area (Å²) in [5, 5.41) is 3.53. The van der Waals surface area contributed by atoms with Crippen LogP contribution in [0.25, 0.3) is 11.2 Å². The van der Waals surface area contributed by atoms with Crippen LogP contribution < -0.4 is 5.32 Å². The highest BCUT2D eigenvalue weighted by Gasteiger charge is 2.25. The Morgan fingerprint density at radius 2 is 2.05 bits per heavy atom. The van der Waals surface area contributed by atoms with Crippen LogP contribution in [0, 0.1) is 0 Å². The van der Waals surface area contributed by atoms with E-state index in [0.29, 0.717) is 21.7 Å². The Morgan fingerprint density at radius 1 is 1.27 bits per heavy atom. The molecule has 1 N–H and O–H groups in total. The zero-order valence-corrected chi connectivity index (χ0v) is 15.2. The number of nitrogens with zero attached hydrogens (tertiary/aromatic N) is 4. The Bertz CT molecular complexity index is 691. The van der Waals surface area contributed by atoms with Gasteiger partial charge in [0.05, 0.1) is 0 Å². The highest BCUT2D eigenvalue weighted by Crippen LogP contribution is 2.33. The predicted molar refractivity (Wildman–Crippen MR) is 90.2 cm³/mol. The Hall–Kier alpha value is -0.920. The van der Waals surface area contributed by atoms with Gasteiger partial charge in [-0.05, 0) is 67.6 Å². The largest absolute Gasteiger partial charge is 0.363 e. The first kappa shape index (κ1) is 16.0. The summed E-state index contributed by atoms with van der Waals surface area (Å²) in [5.74, 6) is 0.637. The smallest absolute Gasteiger partial charge is 0.226 e. The molecule has 1 unspecified atom stereocenters. The fourth-order valence-corrected chi connectivity index (χ4v) is 3.28. The van der Waals surface area contributed by atoms with Crippen LogP contribution in [0.15, 0.2) is 4.73 Å². The molecular formula is C14H19BrClN5O. The van der Waals surface area contributed by atoms with Gasteiger partial charge in [-0.15, -0.1) is 0 Å². The van der Waals surface area contributed by atoms with E-state index in [-0.39, 0.29) is 17.1 Å². The third-order valence-corrected chi connectivity index (χ3v) is 4.13. The van der Waals surface area contributed by atoms with Crippen molar-refractivity contribution < 1.29 is 4.74 Å². The monoisotopic (exact) mass is 387 g/mol. The molecule has 6 nitrogen and oxygen atoms in total. The summed E-state index contributed by atoms with van der Waals surface area (Å²) in [6.45, 7) is 6.93. The van der Waals surface area contributed by atoms with E-state index in [1.54, 1.807) is 0 Å². The predicted octanol–water partition coefficient (Wildman–Crippen LogP) is 4.15. The summed E-state index contributed by atoms with van der Waals surface area (Å²) in [7, 11) is 0. The Kier molecular flexibility index (Phi) is 4.31. The number of hydrogen-bond donors (Lipinski definition) is 1. The van der Waals surface area contributed by atoms with Gasteiger partial charge in [0.2, 0.25) is 5.28 Å². The maximum absolute atomic E-state index is 6.11. The van der Waals surface area contributed by atoms with Gasteiger partial charge in [0.15, 0.2) is 21.7 Å². The van der Waals surface area contributed by atoms with Crippen LogP contribution in [0.2, 0.25) is 5.28 Å². The van der Waals surface area contributed by atoms with Crippen molar-refractivity contribution in [1.82, 2.24) is 19.5 Å². The highest BCUT2D eigenvalue weighted by atomic mass is 79.9. The number of aromatic nitrogens is 4. The number of hydrogen-bond acceptors (Lipinski definition) is 5. The second-order valence-electron chi connectivity index (χ2n) is 6.46. The Labute approximate surface area is 142 Å². The van der Waals surface area contributed by atoms with Gasteiger partial charge in [0, 0.05) is 12.1 Å². The fraction of sp³-hybridized carbons (Fsp3) is 0.643. The van der Waals surface area contributed by atoms with Crippen LogP contribution in [0.1, 0.15) is 46.3 Å². The van der Waals surface area contributed by atoms with Gasteiger partial charge in [0.25, 0.3) is 0 Å². The molecule has 1 saturated heterocycles. The van der Waals surface area contributed by atoms with E-state index < -0.39 is 0 Å². The van der Waals surface area contributed by atoms with E-state index in [0.717, 1.165) is 25.9 Å². The molecule has 0 bridgehead atoms. The molecule has 22 heavy (non-hydrogen) atoms. The van der Waals surface area contributed by atoms with E-state index in [9.17, 15) is 0 Å². The third kappa shape index (κ3) is 3.21. The lowest BCUT2D eigenvalue weighted by Crippen LogP contribution is -2.27. The Balaban J connectivity index is 2.12. The van der Waals surface area contributed by atoms with Crippen molar-refractivity contribution in [3.63, 3.8) is 0 Å². The maximum atomic E-state index is 6.11. The molecule has 1 atom stereocenters. The number of ether oxygens (including phenoxy) is 1. The fourth-order valence-electron chi connectivity index (χ4n) is 2.55. The zero-order valence-electron chi connectivity index (χ0n) is 12.9. The van der Waals surface area contributed by atoms with Crippen molar-refractivity contribution in [2.75, 3.05) is 11.9 Å². The molecule has 3 rings (SSSR count). The molecule has 0 spiro atoms. The van der Waals surface area contributed by atoms with Crippen LogP contribution in [0.4, 0.5) is 5.82 Å². The van der Waals surface area contributed by atoms with Crippen molar-refractivity contribution in [3.8, 4) is 0 Å². The van der Waals surface area contributed by atoms with E-state index in [4.69, 9.17) is 16.3 Å². The van der Waals surface area contributed by atoms with E-state index >= 15 is 0 Å². The maximum Gasteiger partial charge on any atom is 0.226 e. The van der Waals surface area contributed by atoms with Crippen molar-refractivity contribution in [3.05, 3.63) is 10.0 Å². The summed E-state index contributed by atoms with van der Waals surface area (Å²) in [6.07, 6.45) is 3.09. The minimum Gasteiger partial charge on any atom is -0.363 e. The van der Waals surface area contributed by atoms with E-state index in [2.05, 4.69) is 57.0 Å². The molecule has 0 amide bonds. The molecule has 2 aromatic heterocycles. The second kappa shape index (κ2) is 5.94. The van der Waals surface area contributed by atoms with Gasteiger partial charge >= 0.3 is 0 Å². The average Bonchev–Trinajstić information content (AvgIpc) is 2.74. The molecule has 1 aliphatic heterocycles. The van der Waals surface area contributed by atoms with Crippen molar-refractivity contribution in [1.29, 1.82) is 0 Å². The van der Waals surface area contributed by atoms with Gasteiger partial charge in [-0.1, -0.05) is 0 Å². The normalized spacial score (nSPS) is 19.6. The molecule has 120 valence electrons. The number of imidazole rings is 1. The summed E-state index contributed by atoms with van der Waals surface area (Å²) >= 11 is 9.63. The number of fused-ring (bicyclic) bond motifs is 1. The third-order valence-electron chi connectivity index (χ3n) is 3.41. The first-order valence-corrected chi connectivity index (χ1v) is 8.53. The molecule has 0 aliphatic carbocycles. The number of halogens is 2. The SMILES string of the molecule is CC(C)(C)Nc1nc(Cl)nc2c1nc(Br)n2C1CCCCO1. The molecule has 0 aromatic carbocycles. The lowest BCUT2D eigenvalue weighted by atomic mass is 10.1. The number of anilines is 1.